The standard InChI is InChI=1S/C23H22BrN5O4/c1-4-27-18-9-7-15(11-19(18)28(5-2)23(27)33)25-12-16-20(30)26-22(32)29(21(16)31)17-8-6-14(24)10-13(17)3/h6-12,31H,4-5H2,1-3H3,(H,26,30,32). The van der Waals surface area contributed by atoms with Crippen molar-refractivity contribution in [3.63, 3.8) is 0 Å². The van der Waals surface area contributed by atoms with Crippen LogP contribution in [0.3, 0.4) is 0 Å². The van der Waals surface area contributed by atoms with E-state index in [1.165, 1.54) is 6.21 Å². The zero-order valence-corrected chi connectivity index (χ0v) is 19.9. The lowest BCUT2D eigenvalue weighted by molar-refractivity contribution is 0.430. The number of benzene rings is 2. The van der Waals surface area contributed by atoms with Crippen molar-refractivity contribution in [3.05, 3.63) is 83.3 Å². The molecule has 170 valence electrons. The second-order valence-electron chi connectivity index (χ2n) is 7.47. The van der Waals surface area contributed by atoms with Gasteiger partial charge in [0.05, 0.1) is 22.4 Å². The van der Waals surface area contributed by atoms with Gasteiger partial charge in [0.1, 0.15) is 5.56 Å². The number of nitrogens with zero attached hydrogens (tertiary/aromatic N) is 4. The Morgan fingerprint density at radius 3 is 2.39 bits per heavy atom. The third-order valence-corrected chi connectivity index (χ3v) is 5.99. The molecule has 2 aromatic heterocycles. The third-order valence-electron chi connectivity index (χ3n) is 5.50. The van der Waals surface area contributed by atoms with Crippen molar-refractivity contribution < 1.29 is 5.11 Å². The molecule has 0 unspecified atom stereocenters. The molecule has 0 saturated carbocycles. The molecular weight excluding hydrogens is 490 g/mol. The van der Waals surface area contributed by atoms with E-state index in [-0.39, 0.29) is 11.3 Å². The number of hydrogen-bond donors (Lipinski definition) is 2. The molecule has 0 saturated heterocycles. The van der Waals surface area contributed by atoms with Gasteiger partial charge in [-0.25, -0.2) is 14.2 Å². The van der Waals surface area contributed by atoms with E-state index in [9.17, 15) is 19.5 Å². The molecule has 0 atom stereocenters. The number of fused-ring (bicyclic) bond motifs is 1. The van der Waals surface area contributed by atoms with Crippen LogP contribution in [0.5, 0.6) is 5.88 Å². The van der Waals surface area contributed by atoms with Crippen LogP contribution in [0, 0.1) is 6.92 Å². The van der Waals surface area contributed by atoms with Crippen LogP contribution in [0.4, 0.5) is 5.69 Å². The van der Waals surface area contributed by atoms with Gasteiger partial charge in [0.2, 0.25) is 5.88 Å². The summed E-state index contributed by atoms with van der Waals surface area (Å²) in [5.74, 6) is -0.512. The average Bonchev–Trinajstić information content (AvgIpc) is 3.04. The van der Waals surface area contributed by atoms with Crippen LogP contribution in [0.25, 0.3) is 16.7 Å². The van der Waals surface area contributed by atoms with E-state index in [0.717, 1.165) is 25.6 Å². The lowest BCUT2D eigenvalue weighted by Crippen LogP contribution is -2.31. The molecule has 0 fully saturated rings. The van der Waals surface area contributed by atoms with Gasteiger partial charge in [-0.3, -0.25) is 23.9 Å². The minimum Gasteiger partial charge on any atom is -0.493 e. The first-order valence-electron chi connectivity index (χ1n) is 10.4. The Labute approximate surface area is 196 Å². The van der Waals surface area contributed by atoms with Crippen molar-refractivity contribution in [1.29, 1.82) is 0 Å². The summed E-state index contributed by atoms with van der Waals surface area (Å²) >= 11 is 3.37. The summed E-state index contributed by atoms with van der Waals surface area (Å²) < 4.78 is 5.18. The van der Waals surface area contributed by atoms with Crippen LogP contribution in [-0.2, 0) is 13.1 Å². The number of rotatable bonds is 5. The zero-order chi connectivity index (χ0) is 23.9. The molecule has 10 heteroatoms. The Kier molecular flexibility index (Phi) is 5.94. The van der Waals surface area contributed by atoms with E-state index in [0.29, 0.717) is 24.5 Å². The fourth-order valence-electron chi connectivity index (χ4n) is 3.89. The van der Waals surface area contributed by atoms with Crippen molar-refractivity contribution in [2.24, 2.45) is 4.99 Å². The second-order valence-corrected chi connectivity index (χ2v) is 8.38. The van der Waals surface area contributed by atoms with E-state index in [2.05, 4.69) is 25.9 Å². The molecule has 0 bridgehead atoms. The highest BCUT2D eigenvalue weighted by Crippen LogP contribution is 2.24. The SMILES string of the molecule is CCn1c(=O)n(CC)c2cc(N=Cc3c(O)n(-c4ccc(Br)cc4C)c(=O)[nH]c3=O)ccc21. The van der Waals surface area contributed by atoms with Gasteiger partial charge in [-0.05, 0) is 62.7 Å². The molecule has 33 heavy (non-hydrogen) atoms. The molecule has 4 rings (SSSR count). The highest BCUT2D eigenvalue weighted by molar-refractivity contribution is 9.10. The van der Waals surface area contributed by atoms with Crippen LogP contribution < -0.4 is 16.9 Å². The predicted octanol–water partition coefficient (Wildman–Crippen LogP) is 3.21. The molecule has 2 aromatic carbocycles. The first-order valence-corrected chi connectivity index (χ1v) is 11.2. The molecule has 9 nitrogen and oxygen atoms in total. The topological polar surface area (TPSA) is 114 Å². The zero-order valence-electron chi connectivity index (χ0n) is 18.3. The van der Waals surface area contributed by atoms with Crippen LogP contribution in [0.2, 0.25) is 0 Å². The van der Waals surface area contributed by atoms with Gasteiger partial charge in [-0.1, -0.05) is 15.9 Å². The van der Waals surface area contributed by atoms with E-state index >= 15 is 0 Å². The van der Waals surface area contributed by atoms with Crippen molar-refractivity contribution in [3.8, 4) is 11.6 Å². The van der Waals surface area contributed by atoms with Crippen molar-refractivity contribution >= 4 is 38.9 Å². The van der Waals surface area contributed by atoms with E-state index in [4.69, 9.17) is 0 Å². The number of hydrogen-bond acceptors (Lipinski definition) is 5. The number of aromatic nitrogens is 4. The normalized spacial score (nSPS) is 11.6. The molecule has 0 spiro atoms. The van der Waals surface area contributed by atoms with Crippen LogP contribution >= 0.6 is 15.9 Å². The number of aliphatic imine (C=N–C) groups is 1. The first kappa shape index (κ1) is 22.5. The van der Waals surface area contributed by atoms with E-state index in [1.807, 2.05) is 13.8 Å². The van der Waals surface area contributed by atoms with E-state index < -0.39 is 17.1 Å². The second kappa shape index (κ2) is 8.70. The molecule has 2 heterocycles. The van der Waals surface area contributed by atoms with Gasteiger partial charge in [-0.2, -0.15) is 0 Å². The smallest absolute Gasteiger partial charge is 0.335 e. The average molecular weight is 512 g/mol. The van der Waals surface area contributed by atoms with Gasteiger partial charge < -0.3 is 5.11 Å². The fraction of sp³-hybridized carbons (Fsp3) is 0.217. The molecule has 0 aliphatic rings. The molecule has 0 aliphatic carbocycles. The Hall–Kier alpha value is -3.66. The monoisotopic (exact) mass is 511 g/mol. The van der Waals surface area contributed by atoms with E-state index in [1.54, 1.807) is 52.5 Å². The van der Waals surface area contributed by atoms with Gasteiger partial charge in [0, 0.05) is 23.8 Å². The lowest BCUT2D eigenvalue weighted by Gasteiger charge is -2.12. The maximum atomic E-state index is 12.6. The molecule has 0 amide bonds. The maximum absolute atomic E-state index is 12.6. The number of imidazole rings is 1. The number of H-pyrrole nitrogens is 1. The van der Waals surface area contributed by atoms with Gasteiger partial charge in [0.15, 0.2) is 0 Å². The number of aryl methyl sites for hydroxylation is 3. The molecule has 0 radical (unpaired) electrons. The number of aromatic hydroxyl groups is 1. The molecule has 0 aliphatic heterocycles. The highest BCUT2D eigenvalue weighted by Gasteiger charge is 2.16. The lowest BCUT2D eigenvalue weighted by atomic mass is 10.2. The van der Waals surface area contributed by atoms with Crippen molar-refractivity contribution in [1.82, 2.24) is 18.7 Å². The van der Waals surface area contributed by atoms with Gasteiger partial charge in [-0.15, -0.1) is 0 Å². The summed E-state index contributed by atoms with van der Waals surface area (Å²) in [4.78, 5) is 44.0. The van der Waals surface area contributed by atoms with Crippen LogP contribution in [0.1, 0.15) is 25.0 Å². The predicted molar refractivity (Wildman–Crippen MR) is 132 cm³/mol. The quantitative estimate of drug-likeness (QED) is 0.400. The molecule has 4 aromatic rings. The van der Waals surface area contributed by atoms with Crippen LogP contribution in [-0.4, -0.2) is 30.0 Å². The largest absolute Gasteiger partial charge is 0.493 e. The summed E-state index contributed by atoms with van der Waals surface area (Å²) in [6.07, 6.45) is 1.21. The summed E-state index contributed by atoms with van der Waals surface area (Å²) in [6, 6.07) is 10.5. The highest BCUT2D eigenvalue weighted by atomic mass is 79.9. The van der Waals surface area contributed by atoms with Crippen LogP contribution in [0.15, 0.2) is 60.2 Å². The fourth-order valence-corrected chi connectivity index (χ4v) is 4.36. The Balaban J connectivity index is 1.84. The summed E-state index contributed by atoms with van der Waals surface area (Å²) in [6.45, 7) is 6.64. The number of aromatic amines is 1. The summed E-state index contributed by atoms with van der Waals surface area (Å²) in [7, 11) is 0. The van der Waals surface area contributed by atoms with Gasteiger partial charge >= 0.3 is 11.4 Å². The van der Waals surface area contributed by atoms with Gasteiger partial charge in [0.25, 0.3) is 5.56 Å². The molecular formula is C23H22BrN5O4. The minimum absolute atomic E-state index is 0.0952. The maximum Gasteiger partial charge on any atom is 0.335 e. The Morgan fingerprint density at radius 2 is 1.73 bits per heavy atom. The number of halogens is 1. The minimum atomic E-state index is -0.755. The van der Waals surface area contributed by atoms with Crippen molar-refractivity contribution in [2.75, 3.05) is 0 Å². The summed E-state index contributed by atoms with van der Waals surface area (Å²) in [5.41, 5.74) is 1.41. The summed E-state index contributed by atoms with van der Waals surface area (Å²) in [5, 5.41) is 10.8. The molecule has 2 N–H and O–H groups in total. The number of nitrogens with one attached hydrogen (secondary N) is 1. The third kappa shape index (κ3) is 3.86. The first-order chi connectivity index (χ1) is 15.8. The van der Waals surface area contributed by atoms with Crippen molar-refractivity contribution in [2.45, 2.75) is 33.9 Å². The Morgan fingerprint density at radius 1 is 1.03 bits per heavy atom. The Bertz CT molecular complexity index is 1590.